The van der Waals surface area contributed by atoms with Gasteiger partial charge in [0.05, 0.1) is 23.3 Å². The van der Waals surface area contributed by atoms with Gasteiger partial charge in [-0.05, 0) is 44.5 Å². The second-order valence-corrected chi connectivity index (χ2v) is 6.07. The van der Waals surface area contributed by atoms with E-state index in [1.807, 2.05) is 25.2 Å². The molecule has 2 heterocycles. The van der Waals surface area contributed by atoms with Gasteiger partial charge in [-0.1, -0.05) is 12.1 Å². The predicted molar refractivity (Wildman–Crippen MR) is 90.0 cm³/mol. The SMILES string of the molecule is CC(CC(O)c1ccco1)NC(C)c1nc2ccccc2n1C. The van der Waals surface area contributed by atoms with E-state index in [4.69, 9.17) is 9.40 Å². The maximum absolute atomic E-state index is 10.2. The lowest BCUT2D eigenvalue weighted by atomic mass is 10.1. The lowest BCUT2D eigenvalue weighted by molar-refractivity contribution is 0.127. The second kappa shape index (κ2) is 6.56. The first-order chi connectivity index (χ1) is 11.1. The Morgan fingerprint density at radius 3 is 2.70 bits per heavy atom. The molecule has 0 saturated carbocycles. The number of fused-ring (bicyclic) bond motifs is 1. The number of hydrogen-bond donors (Lipinski definition) is 2. The molecule has 3 atom stereocenters. The zero-order valence-electron chi connectivity index (χ0n) is 13.7. The summed E-state index contributed by atoms with van der Waals surface area (Å²) in [6.45, 7) is 4.16. The summed E-state index contributed by atoms with van der Waals surface area (Å²) >= 11 is 0. The minimum Gasteiger partial charge on any atom is -0.467 e. The summed E-state index contributed by atoms with van der Waals surface area (Å²) in [5, 5.41) is 13.7. The van der Waals surface area contributed by atoms with Gasteiger partial charge in [-0.25, -0.2) is 4.98 Å². The van der Waals surface area contributed by atoms with Gasteiger partial charge in [-0.3, -0.25) is 0 Å². The summed E-state index contributed by atoms with van der Waals surface area (Å²) in [6.07, 6.45) is 1.57. The zero-order valence-corrected chi connectivity index (χ0v) is 13.7. The summed E-state index contributed by atoms with van der Waals surface area (Å²) in [5.74, 6) is 1.60. The lowest BCUT2D eigenvalue weighted by Crippen LogP contribution is -2.31. The Balaban J connectivity index is 1.68. The van der Waals surface area contributed by atoms with Crippen LogP contribution < -0.4 is 5.32 Å². The molecule has 2 N–H and O–H groups in total. The maximum Gasteiger partial charge on any atom is 0.132 e. The topological polar surface area (TPSA) is 63.2 Å². The molecular formula is C18H23N3O2. The molecule has 3 unspecified atom stereocenters. The standard InChI is InChI=1S/C18H23N3O2/c1-12(11-16(22)17-9-6-10-23-17)19-13(2)18-20-14-7-4-5-8-15(14)21(18)3/h4-10,12-13,16,19,22H,11H2,1-3H3. The van der Waals surface area contributed by atoms with Gasteiger partial charge in [-0.15, -0.1) is 0 Å². The van der Waals surface area contributed by atoms with Crippen LogP contribution in [0.5, 0.6) is 0 Å². The second-order valence-electron chi connectivity index (χ2n) is 6.07. The fourth-order valence-electron chi connectivity index (χ4n) is 3.05. The molecule has 0 aliphatic rings. The highest BCUT2D eigenvalue weighted by Gasteiger charge is 2.19. The third kappa shape index (κ3) is 3.30. The number of imidazole rings is 1. The zero-order chi connectivity index (χ0) is 16.4. The van der Waals surface area contributed by atoms with Crippen LogP contribution in [0.25, 0.3) is 11.0 Å². The van der Waals surface area contributed by atoms with E-state index in [1.165, 1.54) is 0 Å². The summed E-state index contributed by atoms with van der Waals surface area (Å²) in [6, 6.07) is 11.9. The average Bonchev–Trinajstić information content (AvgIpc) is 3.16. The quantitative estimate of drug-likeness (QED) is 0.733. The fraction of sp³-hybridized carbons (Fsp3) is 0.389. The molecule has 23 heavy (non-hydrogen) atoms. The predicted octanol–water partition coefficient (Wildman–Crippen LogP) is 3.33. The largest absolute Gasteiger partial charge is 0.467 e. The van der Waals surface area contributed by atoms with Crippen LogP contribution >= 0.6 is 0 Å². The third-order valence-electron chi connectivity index (χ3n) is 4.19. The molecule has 0 saturated heterocycles. The number of nitrogens with zero attached hydrogens (tertiary/aromatic N) is 2. The van der Waals surface area contributed by atoms with Crippen LogP contribution in [0.4, 0.5) is 0 Å². The Kier molecular flexibility index (Phi) is 4.50. The van der Waals surface area contributed by atoms with Gasteiger partial charge < -0.3 is 19.4 Å². The van der Waals surface area contributed by atoms with Crippen LogP contribution in [0, 0.1) is 0 Å². The molecule has 0 fully saturated rings. The number of rotatable bonds is 6. The van der Waals surface area contributed by atoms with Crippen molar-refractivity contribution in [2.45, 2.75) is 38.5 Å². The molecule has 2 aromatic heterocycles. The highest BCUT2D eigenvalue weighted by molar-refractivity contribution is 5.75. The minimum atomic E-state index is -0.597. The van der Waals surface area contributed by atoms with Gasteiger partial charge in [-0.2, -0.15) is 0 Å². The summed E-state index contributed by atoms with van der Waals surface area (Å²) < 4.78 is 7.36. The Morgan fingerprint density at radius 1 is 1.22 bits per heavy atom. The van der Waals surface area contributed by atoms with Crippen molar-refractivity contribution in [2.24, 2.45) is 7.05 Å². The van der Waals surface area contributed by atoms with E-state index in [1.54, 1.807) is 18.4 Å². The van der Waals surface area contributed by atoms with Crippen molar-refractivity contribution >= 4 is 11.0 Å². The van der Waals surface area contributed by atoms with E-state index >= 15 is 0 Å². The first-order valence-electron chi connectivity index (χ1n) is 7.95. The lowest BCUT2D eigenvalue weighted by Gasteiger charge is -2.21. The number of aliphatic hydroxyl groups is 1. The van der Waals surface area contributed by atoms with Crippen molar-refractivity contribution in [3.05, 3.63) is 54.2 Å². The molecule has 0 radical (unpaired) electrons. The molecule has 5 heteroatoms. The van der Waals surface area contributed by atoms with Crippen LogP contribution in [-0.4, -0.2) is 20.7 Å². The molecule has 0 amide bonds. The molecule has 0 bridgehead atoms. The molecule has 0 aliphatic heterocycles. The van der Waals surface area contributed by atoms with Gasteiger partial charge in [0, 0.05) is 13.1 Å². The van der Waals surface area contributed by atoms with Gasteiger partial charge >= 0.3 is 0 Å². The maximum atomic E-state index is 10.2. The van der Waals surface area contributed by atoms with Crippen molar-refractivity contribution < 1.29 is 9.52 Å². The van der Waals surface area contributed by atoms with E-state index in [2.05, 4.69) is 29.8 Å². The van der Waals surface area contributed by atoms with Crippen LogP contribution in [0.15, 0.2) is 47.1 Å². The number of furan rings is 1. The fourth-order valence-corrected chi connectivity index (χ4v) is 3.05. The first-order valence-corrected chi connectivity index (χ1v) is 7.95. The summed E-state index contributed by atoms with van der Waals surface area (Å²) in [4.78, 5) is 4.71. The van der Waals surface area contributed by atoms with Crippen LogP contribution in [0.3, 0.4) is 0 Å². The van der Waals surface area contributed by atoms with Crippen molar-refractivity contribution in [1.29, 1.82) is 0 Å². The molecule has 3 rings (SSSR count). The Hall–Kier alpha value is -2.11. The molecule has 122 valence electrons. The number of para-hydroxylation sites is 2. The molecule has 0 aliphatic carbocycles. The number of aryl methyl sites for hydroxylation is 1. The highest BCUT2D eigenvalue weighted by atomic mass is 16.4. The van der Waals surface area contributed by atoms with Crippen molar-refractivity contribution in [3.8, 4) is 0 Å². The number of aromatic nitrogens is 2. The molecule has 1 aromatic carbocycles. The van der Waals surface area contributed by atoms with Gasteiger partial charge in [0.15, 0.2) is 0 Å². The Morgan fingerprint density at radius 2 is 2.00 bits per heavy atom. The van der Waals surface area contributed by atoms with Crippen molar-refractivity contribution in [3.63, 3.8) is 0 Å². The summed E-state index contributed by atoms with van der Waals surface area (Å²) in [7, 11) is 2.03. The molecule has 0 spiro atoms. The van der Waals surface area contributed by atoms with E-state index < -0.39 is 6.10 Å². The van der Waals surface area contributed by atoms with Crippen molar-refractivity contribution in [1.82, 2.24) is 14.9 Å². The van der Waals surface area contributed by atoms with Gasteiger partial charge in [0.25, 0.3) is 0 Å². The normalized spacial score (nSPS) is 15.7. The molecule has 5 nitrogen and oxygen atoms in total. The highest BCUT2D eigenvalue weighted by Crippen LogP contribution is 2.22. The first kappa shape index (κ1) is 15.8. The van der Waals surface area contributed by atoms with E-state index in [0.717, 1.165) is 16.9 Å². The third-order valence-corrected chi connectivity index (χ3v) is 4.19. The average molecular weight is 313 g/mol. The Bertz CT molecular complexity index is 764. The number of benzene rings is 1. The van der Waals surface area contributed by atoms with Gasteiger partial charge in [0.2, 0.25) is 0 Å². The number of nitrogens with one attached hydrogen (secondary N) is 1. The van der Waals surface area contributed by atoms with Crippen LogP contribution in [-0.2, 0) is 7.05 Å². The molecule has 3 aromatic rings. The smallest absolute Gasteiger partial charge is 0.132 e. The van der Waals surface area contributed by atoms with Crippen LogP contribution in [0.2, 0.25) is 0 Å². The minimum absolute atomic E-state index is 0.0891. The summed E-state index contributed by atoms with van der Waals surface area (Å²) in [5.41, 5.74) is 2.13. The van der Waals surface area contributed by atoms with Crippen molar-refractivity contribution in [2.75, 3.05) is 0 Å². The van der Waals surface area contributed by atoms with E-state index in [0.29, 0.717) is 12.2 Å². The molecular weight excluding hydrogens is 290 g/mol. The van der Waals surface area contributed by atoms with Gasteiger partial charge in [0.1, 0.15) is 17.7 Å². The number of aliphatic hydroxyl groups excluding tert-OH is 1. The monoisotopic (exact) mass is 313 g/mol. The van der Waals surface area contributed by atoms with E-state index in [9.17, 15) is 5.11 Å². The number of hydrogen-bond acceptors (Lipinski definition) is 4. The van der Waals surface area contributed by atoms with E-state index in [-0.39, 0.29) is 12.1 Å². The Labute approximate surface area is 136 Å². The van der Waals surface area contributed by atoms with Crippen LogP contribution in [0.1, 0.15) is 44.0 Å².